The van der Waals surface area contributed by atoms with Crippen molar-refractivity contribution in [1.82, 2.24) is 10.2 Å². The summed E-state index contributed by atoms with van der Waals surface area (Å²) in [6, 6.07) is 13.1. The van der Waals surface area contributed by atoms with Crippen LogP contribution in [0.25, 0.3) is 0 Å². The zero-order chi connectivity index (χ0) is 26.8. The number of rotatable bonds is 10. The Morgan fingerprint density at radius 1 is 1.09 bits per heavy atom. The normalized spacial score (nSPS) is 10.3. The summed E-state index contributed by atoms with van der Waals surface area (Å²) in [5.41, 5.74) is 2.48. The molecule has 0 aliphatic heterocycles. The summed E-state index contributed by atoms with van der Waals surface area (Å²) in [6.07, 6.45) is 9.14. The summed E-state index contributed by atoms with van der Waals surface area (Å²) >= 11 is 0. The molecule has 0 bridgehead atoms. The molecule has 0 aliphatic rings. The Labute approximate surface area is 208 Å². The lowest BCUT2D eigenvalue weighted by Gasteiger charge is -2.26. The van der Waals surface area contributed by atoms with Crippen molar-refractivity contribution in [2.45, 2.75) is 33.2 Å². The van der Waals surface area contributed by atoms with Crippen LogP contribution in [0.3, 0.4) is 0 Å². The van der Waals surface area contributed by atoms with Crippen molar-refractivity contribution >= 4 is 29.7 Å². The van der Waals surface area contributed by atoms with E-state index >= 15 is 0 Å². The van der Waals surface area contributed by atoms with Crippen molar-refractivity contribution in [3.05, 3.63) is 65.2 Å². The van der Waals surface area contributed by atoms with Crippen LogP contribution in [0.5, 0.6) is 0 Å². The third-order valence-corrected chi connectivity index (χ3v) is 4.67. The standard InChI is InChI=1S/C23H27N3O4.C2H6O.C2H2/c1-4-12-26(23(30)22(24-15-27)18-8-6-5-7-9-18)14-21(29)25-20-13-19(17(3)28)11-10-16(20)2;1-3-2;1-2/h5-11,13,15,22H,4,12,14H2,1-3H3,(H,24,27)(H,25,29);1-2H3;1-2H/t22-;;/m1../s1. The largest absolute Gasteiger partial charge is 0.388 e. The van der Waals surface area contributed by atoms with Gasteiger partial charge in [0, 0.05) is 32.0 Å². The first-order valence-electron chi connectivity index (χ1n) is 11.0. The molecule has 0 fully saturated rings. The molecule has 0 aromatic heterocycles. The molecule has 8 heteroatoms. The highest BCUT2D eigenvalue weighted by Crippen LogP contribution is 2.19. The molecule has 0 spiro atoms. The number of Topliss-reactive ketones (excluding diaryl/α,β-unsaturated/α-hetero) is 1. The number of amides is 3. The molecule has 3 amide bonds. The van der Waals surface area contributed by atoms with E-state index in [4.69, 9.17) is 0 Å². The van der Waals surface area contributed by atoms with Crippen LogP contribution in [0.2, 0.25) is 0 Å². The number of carbonyl (C=O) groups excluding carboxylic acids is 4. The van der Waals surface area contributed by atoms with Crippen molar-refractivity contribution < 1.29 is 23.9 Å². The molecule has 188 valence electrons. The highest BCUT2D eigenvalue weighted by Gasteiger charge is 2.26. The summed E-state index contributed by atoms with van der Waals surface area (Å²) in [6.45, 7) is 5.39. The maximum Gasteiger partial charge on any atom is 0.250 e. The van der Waals surface area contributed by atoms with E-state index in [-0.39, 0.29) is 24.1 Å². The number of aryl methyl sites for hydroxylation is 1. The predicted molar refractivity (Wildman–Crippen MR) is 138 cm³/mol. The molecule has 0 saturated heterocycles. The van der Waals surface area contributed by atoms with Crippen molar-refractivity contribution in [2.75, 3.05) is 32.6 Å². The number of terminal acetylenes is 1. The molecular weight excluding hydrogens is 446 g/mol. The van der Waals surface area contributed by atoms with Gasteiger partial charge in [-0.2, -0.15) is 0 Å². The Kier molecular flexibility index (Phi) is 15.5. The molecule has 1 atom stereocenters. The monoisotopic (exact) mass is 481 g/mol. The van der Waals surface area contributed by atoms with E-state index in [2.05, 4.69) is 28.2 Å². The molecule has 0 unspecified atom stereocenters. The molecule has 35 heavy (non-hydrogen) atoms. The van der Waals surface area contributed by atoms with Gasteiger partial charge in [-0.3, -0.25) is 19.2 Å². The molecule has 0 radical (unpaired) electrons. The van der Waals surface area contributed by atoms with Crippen LogP contribution in [-0.4, -0.2) is 56.2 Å². The minimum absolute atomic E-state index is 0.0982. The van der Waals surface area contributed by atoms with Crippen LogP contribution in [0.15, 0.2) is 48.5 Å². The van der Waals surface area contributed by atoms with Gasteiger partial charge in [-0.1, -0.05) is 49.4 Å². The molecule has 0 saturated carbocycles. The van der Waals surface area contributed by atoms with Crippen LogP contribution in [0.4, 0.5) is 5.69 Å². The minimum Gasteiger partial charge on any atom is -0.388 e. The Morgan fingerprint density at radius 2 is 1.69 bits per heavy atom. The van der Waals surface area contributed by atoms with Crippen molar-refractivity contribution in [2.24, 2.45) is 0 Å². The van der Waals surface area contributed by atoms with E-state index in [1.165, 1.54) is 11.8 Å². The van der Waals surface area contributed by atoms with Crippen LogP contribution >= 0.6 is 0 Å². The van der Waals surface area contributed by atoms with Gasteiger partial charge in [0.2, 0.25) is 18.2 Å². The van der Waals surface area contributed by atoms with Gasteiger partial charge in [-0.25, -0.2) is 0 Å². The molecule has 2 rings (SSSR count). The van der Waals surface area contributed by atoms with Gasteiger partial charge >= 0.3 is 0 Å². The second-order valence-corrected chi connectivity index (χ2v) is 7.43. The second kappa shape index (κ2) is 17.5. The topological polar surface area (TPSA) is 105 Å². The number of benzene rings is 2. The summed E-state index contributed by atoms with van der Waals surface area (Å²) in [4.78, 5) is 49.9. The maximum atomic E-state index is 13.1. The van der Waals surface area contributed by atoms with Crippen LogP contribution in [-0.2, 0) is 19.1 Å². The average Bonchev–Trinajstić information content (AvgIpc) is 2.85. The third-order valence-electron chi connectivity index (χ3n) is 4.67. The van der Waals surface area contributed by atoms with E-state index in [0.717, 1.165) is 5.56 Å². The van der Waals surface area contributed by atoms with E-state index in [1.807, 2.05) is 19.9 Å². The lowest BCUT2D eigenvalue weighted by molar-refractivity contribution is -0.137. The SMILES string of the molecule is C#C.CCCN(CC(=O)Nc1cc(C(C)=O)ccc1C)C(=O)[C@H](NC=O)c1ccccc1.COC. The molecule has 0 heterocycles. The van der Waals surface area contributed by atoms with Crippen molar-refractivity contribution in [1.29, 1.82) is 0 Å². The Hall–Kier alpha value is -3.96. The van der Waals surface area contributed by atoms with E-state index in [0.29, 0.717) is 36.2 Å². The third kappa shape index (κ3) is 10.7. The minimum atomic E-state index is -0.870. The Bertz CT molecular complexity index is 973. The number of carbonyl (C=O) groups is 4. The Morgan fingerprint density at radius 3 is 2.20 bits per heavy atom. The maximum absolute atomic E-state index is 13.1. The number of ketones is 1. The number of nitrogens with zero attached hydrogens (tertiary/aromatic N) is 1. The summed E-state index contributed by atoms with van der Waals surface area (Å²) in [5, 5.41) is 5.33. The fraction of sp³-hybridized carbons (Fsp3) is 0.333. The fourth-order valence-electron chi connectivity index (χ4n) is 3.08. The van der Waals surface area contributed by atoms with Gasteiger partial charge in [-0.15, -0.1) is 12.8 Å². The quantitative estimate of drug-likeness (QED) is 0.308. The highest BCUT2D eigenvalue weighted by molar-refractivity contribution is 5.99. The number of anilines is 1. The molecule has 8 nitrogen and oxygen atoms in total. The molecule has 2 N–H and O–H groups in total. The Balaban J connectivity index is 0.00000214. The molecular formula is C27H35N3O5. The predicted octanol–water partition coefficient (Wildman–Crippen LogP) is 3.37. The van der Waals surface area contributed by atoms with Crippen molar-refractivity contribution in [3.63, 3.8) is 0 Å². The van der Waals surface area contributed by atoms with E-state index < -0.39 is 6.04 Å². The van der Waals surface area contributed by atoms with E-state index in [9.17, 15) is 19.2 Å². The summed E-state index contributed by atoms with van der Waals surface area (Å²) in [5.74, 6) is -0.836. The smallest absolute Gasteiger partial charge is 0.250 e. The second-order valence-electron chi connectivity index (χ2n) is 7.43. The van der Waals surface area contributed by atoms with Gasteiger partial charge in [0.25, 0.3) is 0 Å². The molecule has 2 aromatic carbocycles. The van der Waals surface area contributed by atoms with Crippen LogP contribution in [0, 0.1) is 19.8 Å². The van der Waals surface area contributed by atoms with Gasteiger partial charge < -0.3 is 20.3 Å². The number of nitrogens with one attached hydrogen (secondary N) is 2. The number of hydrogen-bond donors (Lipinski definition) is 2. The molecule has 0 aliphatic carbocycles. The van der Waals surface area contributed by atoms with Gasteiger partial charge in [0.15, 0.2) is 5.78 Å². The highest BCUT2D eigenvalue weighted by atomic mass is 16.4. The first-order valence-corrected chi connectivity index (χ1v) is 11.0. The zero-order valence-electron chi connectivity index (χ0n) is 21.0. The first kappa shape index (κ1) is 31.0. The lowest BCUT2D eigenvalue weighted by atomic mass is 10.1. The number of ether oxygens (including phenoxy) is 1. The van der Waals surface area contributed by atoms with Gasteiger partial charge in [0.1, 0.15) is 6.04 Å². The average molecular weight is 482 g/mol. The molecule has 2 aromatic rings. The lowest BCUT2D eigenvalue weighted by Crippen LogP contribution is -2.44. The fourth-order valence-corrected chi connectivity index (χ4v) is 3.08. The van der Waals surface area contributed by atoms with Gasteiger partial charge in [0.05, 0.1) is 6.54 Å². The first-order chi connectivity index (χ1) is 16.8. The number of hydrogen-bond acceptors (Lipinski definition) is 5. The van der Waals surface area contributed by atoms with Gasteiger partial charge in [-0.05, 0) is 37.5 Å². The van der Waals surface area contributed by atoms with Crippen molar-refractivity contribution in [3.8, 4) is 12.8 Å². The summed E-state index contributed by atoms with van der Waals surface area (Å²) < 4.78 is 4.25. The number of methoxy groups -OCH3 is 1. The van der Waals surface area contributed by atoms with Crippen LogP contribution < -0.4 is 10.6 Å². The van der Waals surface area contributed by atoms with E-state index in [1.54, 1.807) is 56.7 Å². The zero-order valence-corrected chi connectivity index (χ0v) is 21.0. The summed E-state index contributed by atoms with van der Waals surface area (Å²) in [7, 11) is 3.25. The van der Waals surface area contributed by atoms with Crippen LogP contribution in [0.1, 0.15) is 47.8 Å².